The molecule has 0 heterocycles. The number of unbranched alkanes of at least 4 members (excludes halogenated alkanes) is 37. The third-order valence-corrected chi connectivity index (χ3v) is 13.1. The molecule has 6 heteroatoms. The SMILES string of the molecule is CCC/C=C\CCCCCCCC(=O)OC(COC(=O)CCCCCCCCCC)COC(=O)CCCCCCCCCCCCCCCCCCCCC/C=C\C/C=C\CCCCCCC. The van der Waals surface area contributed by atoms with Gasteiger partial charge in [0.1, 0.15) is 13.2 Å². The number of carbonyl (C=O) groups excluding carboxylic acids is 3. The van der Waals surface area contributed by atoms with Crippen LogP contribution in [0, 0.1) is 0 Å². The minimum absolute atomic E-state index is 0.0714. The van der Waals surface area contributed by atoms with Gasteiger partial charge in [-0.2, -0.15) is 0 Å². The van der Waals surface area contributed by atoms with Crippen molar-refractivity contribution in [1.82, 2.24) is 0 Å². The standard InChI is InChI=1S/C61H112O6/c1-4-7-10-13-16-19-21-22-23-24-25-26-27-28-29-30-31-32-33-34-35-36-37-38-39-40-41-43-45-48-51-54-60(63)66-57-58(56-65-59(62)53-50-47-44-18-15-12-9-6-3)67-61(64)55-52-49-46-42-20-17-14-11-8-5-2/h11,14,21-22,24-25,58H,4-10,12-13,15-20,23,26-57H2,1-3H3/b14-11-,22-21-,25-24-. The van der Waals surface area contributed by atoms with Gasteiger partial charge in [0.15, 0.2) is 6.10 Å². The van der Waals surface area contributed by atoms with Crippen molar-refractivity contribution in [2.75, 3.05) is 13.2 Å². The van der Waals surface area contributed by atoms with E-state index in [0.717, 1.165) is 83.5 Å². The summed E-state index contributed by atoms with van der Waals surface area (Å²) in [6.45, 7) is 6.56. The maximum Gasteiger partial charge on any atom is 0.306 e. The Morgan fingerprint density at radius 1 is 0.299 bits per heavy atom. The van der Waals surface area contributed by atoms with Gasteiger partial charge in [-0.25, -0.2) is 0 Å². The summed E-state index contributed by atoms with van der Waals surface area (Å²) in [5.41, 5.74) is 0. The van der Waals surface area contributed by atoms with E-state index in [-0.39, 0.29) is 31.1 Å². The van der Waals surface area contributed by atoms with E-state index in [1.807, 2.05) is 0 Å². The van der Waals surface area contributed by atoms with E-state index in [4.69, 9.17) is 14.2 Å². The van der Waals surface area contributed by atoms with Crippen molar-refractivity contribution in [3.63, 3.8) is 0 Å². The molecule has 67 heavy (non-hydrogen) atoms. The Hall–Kier alpha value is -2.37. The summed E-state index contributed by atoms with van der Waals surface area (Å²) in [7, 11) is 0. The van der Waals surface area contributed by atoms with Gasteiger partial charge < -0.3 is 14.2 Å². The first-order valence-corrected chi connectivity index (χ1v) is 29.5. The first-order valence-electron chi connectivity index (χ1n) is 29.5. The van der Waals surface area contributed by atoms with Gasteiger partial charge in [-0.15, -0.1) is 0 Å². The largest absolute Gasteiger partial charge is 0.462 e. The Bertz CT molecular complexity index is 1130. The smallest absolute Gasteiger partial charge is 0.306 e. The second-order valence-corrected chi connectivity index (χ2v) is 19.9. The molecule has 0 radical (unpaired) electrons. The van der Waals surface area contributed by atoms with Gasteiger partial charge in [0.05, 0.1) is 0 Å². The summed E-state index contributed by atoms with van der Waals surface area (Å²) in [4.78, 5) is 37.8. The minimum atomic E-state index is -0.769. The lowest BCUT2D eigenvalue weighted by molar-refractivity contribution is -0.167. The molecule has 0 aromatic carbocycles. The van der Waals surface area contributed by atoms with Crippen LogP contribution < -0.4 is 0 Å². The Balaban J connectivity index is 3.94. The van der Waals surface area contributed by atoms with Gasteiger partial charge in [-0.1, -0.05) is 263 Å². The van der Waals surface area contributed by atoms with Crippen LogP contribution in [0.2, 0.25) is 0 Å². The van der Waals surface area contributed by atoms with Crippen LogP contribution in [0.5, 0.6) is 0 Å². The molecule has 1 atom stereocenters. The second kappa shape index (κ2) is 56.2. The highest BCUT2D eigenvalue weighted by Gasteiger charge is 2.19. The molecule has 0 aromatic rings. The highest BCUT2D eigenvalue weighted by atomic mass is 16.6. The molecule has 0 aliphatic heterocycles. The van der Waals surface area contributed by atoms with Crippen molar-refractivity contribution < 1.29 is 28.6 Å². The third kappa shape index (κ3) is 54.4. The van der Waals surface area contributed by atoms with E-state index in [1.54, 1.807) is 0 Å². The number of rotatable bonds is 54. The average Bonchev–Trinajstić information content (AvgIpc) is 3.33. The molecule has 6 nitrogen and oxygen atoms in total. The maximum absolute atomic E-state index is 12.7. The zero-order valence-electron chi connectivity index (χ0n) is 44.9. The molecular formula is C61H112O6. The zero-order valence-corrected chi connectivity index (χ0v) is 44.9. The van der Waals surface area contributed by atoms with E-state index in [9.17, 15) is 14.4 Å². The summed E-state index contributed by atoms with van der Waals surface area (Å²) in [5.74, 6) is -0.874. The fourth-order valence-electron chi connectivity index (χ4n) is 8.65. The van der Waals surface area contributed by atoms with Gasteiger partial charge in [0.25, 0.3) is 0 Å². The number of allylic oxidation sites excluding steroid dienone is 6. The van der Waals surface area contributed by atoms with E-state index in [2.05, 4.69) is 57.2 Å². The number of hydrogen-bond donors (Lipinski definition) is 0. The van der Waals surface area contributed by atoms with Crippen LogP contribution in [-0.2, 0) is 28.6 Å². The normalized spacial score (nSPS) is 12.2. The van der Waals surface area contributed by atoms with Gasteiger partial charge in [0, 0.05) is 19.3 Å². The molecular weight excluding hydrogens is 829 g/mol. The molecule has 0 aliphatic carbocycles. The Morgan fingerprint density at radius 3 is 0.896 bits per heavy atom. The van der Waals surface area contributed by atoms with Crippen molar-refractivity contribution in [3.05, 3.63) is 36.5 Å². The van der Waals surface area contributed by atoms with Crippen molar-refractivity contribution in [3.8, 4) is 0 Å². The van der Waals surface area contributed by atoms with E-state index >= 15 is 0 Å². The zero-order chi connectivity index (χ0) is 48.6. The lowest BCUT2D eigenvalue weighted by Gasteiger charge is -2.18. The van der Waals surface area contributed by atoms with E-state index in [1.165, 1.54) is 193 Å². The average molecular weight is 942 g/mol. The predicted molar refractivity (Wildman–Crippen MR) is 289 cm³/mol. The number of carbonyl (C=O) groups is 3. The quantitative estimate of drug-likeness (QED) is 0.0262. The molecule has 0 saturated heterocycles. The van der Waals surface area contributed by atoms with Crippen molar-refractivity contribution >= 4 is 17.9 Å². The molecule has 0 saturated carbocycles. The number of esters is 3. The fraction of sp³-hybridized carbons (Fsp3) is 0.852. The summed E-state index contributed by atoms with van der Waals surface area (Å²) >= 11 is 0. The number of ether oxygens (including phenoxy) is 3. The summed E-state index contributed by atoms with van der Waals surface area (Å²) in [6.07, 6.45) is 67.6. The molecule has 0 rings (SSSR count). The first kappa shape index (κ1) is 64.6. The van der Waals surface area contributed by atoms with Gasteiger partial charge >= 0.3 is 17.9 Å². The van der Waals surface area contributed by atoms with Crippen molar-refractivity contribution in [2.24, 2.45) is 0 Å². The highest BCUT2D eigenvalue weighted by Crippen LogP contribution is 2.17. The van der Waals surface area contributed by atoms with E-state index < -0.39 is 6.10 Å². The van der Waals surface area contributed by atoms with Crippen molar-refractivity contribution in [1.29, 1.82) is 0 Å². The third-order valence-electron chi connectivity index (χ3n) is 13.1. The highest BCUT2D eigenvalue weighted by molar-refractivity contribution is 5.71. The Labute approximate surface area is 416 Å². The van der Waals surface area contributed by atoms with Crippen LogP contribution in [0.15, 0.2) is 36.5 Å². The molecule has 0 fully saturated rings. The summed E-state index contributed by atoms with van der Waals surface area (Å²) < 4.78 is 16.7. The van der Waals surface area contributed by atoms with Crippen LogP contribution >= 0.6 is 0 Å². The van der Waals surface area contributed by atoms with Gasteiger partial charge in [-0.05, 0) is 70.6 Å². The first-order chi connectivity index (χ1) is 33.0. The maximum atomic E-state index is 12.7. The number of hydrogen-bond acceptors (Lipinski definition) is 6. The topological polar surface area (TPSA) is 78.9 Å². The Kier molecular flexibility index (Phi) is 54.2. The Morgan fingerprint density at radius 2 is 0.567 bits per heavy atom. The minimum Gasteiger partial charge on any atom is -0.462 e. The van der Waals surface area contributed by atoms with E-state index in [0.29, 0.717) is 19.3 Å². The molecule has 0 aromatic heterocycles. The van der Waals surface area contributed by atoms with Crippen LogP contribution in [0.25, 0.3) is 0 Å². The van der Waals surface area contributed by atoms with Crippen molar-refractivity contribution in [2.45, 2.75) is 322 Å². The van der Waals surface area contributed by atoms with Gasteiger partial charge in [0.2, 0.25) is 0 Å². The molecule has 1 unspecified atom stereocenters. The van der Waals surface area contributed by atoms with Crippen LogP contribution in [0.4, 0.5) is 0 Å². The van der Waals surface area contributed by atoms with Crippen LogP contribution in [0.1, 0.15) is 316 Å². The van der Waals surface area contributed by atoms with Gasteiger partial charge in [-0.3, -0.25) is 14.4 Å². The molecule has 0 N–H and O–H groups in total. The molecule has 0 spiro atoms. The molecule has 0 amide bonds. The lowest BCUT2D eigenvalue weighted by atomic mass is 10.0. The lowest BCUT2D eigenvalue weighted by Crippen LogP contribution is -2.30. The summed E-state index contributed by atoms with van der Waals surface area (Å²) in [6, 6.07) is 0. The molecule has 392 valence electrons. The van der Waals surface area contributed by atoms with Crippen LogP contribution in [-0.4, -0.2) is 37.2 Å². The monoisotopic (exact) mass is 941 g/mol. The fourth-order valence-corrected chi connectivity index (χ4v) is 8.65. The van der Waals surface area contributed by atoms with Crippen LogP contribution in [0.3, 0.4) is 0 Å². The summed E-state index contributed by atoms with van der Waals surface area (Å²) in [5, 5.41) is 0. The second-order valence-electron chi connectivity index (χ2n) is 19.9. The molecule has 0 aliphatic rings. The predicted octanol–water partition coefficient (Wildman–Crippen LogP) is 19.7. The molecule has 0 bridgehead atoms.